The van der Waals surface area contributed by atoms with Gasteiger partial charge in [-0.25, -0.2) is 4.39 Å². The predicted molar refractivity (Wildman–Crippen MR) is 60.5 cm³/mol. The molecule has 0 radical (unpaired) electrons. The molecular weight excluding hydrogens is 191 g/mol. The van der Waals surface area contributed by atoms with Crippen molar-refractivity contribution in [3.63, 3.8) is 0 Å². The third-order valence-corrected chi connectivity index (χ3v) is 2.56. The second-order valence-corrected chi connectivity index (χ2v) is 3.75. The quantitative estimate of drug-likeness (QED) is 0.754. The van der Waals surface area contributed by atoms with Crippen LogP contribution in [0.2, 0.25) is 0 Å². The van der Waals surface area contributed by atoms with E-state index >= 15 is 0 Å². The zero-order valence-electron chi connectivity index (χ0n) is 9.20. The number of hydrogen-bond donors (Lipinski definition) is 1. The van der Waals surface area contributed by atoms with Gasteiger partial charge in [-0.2, -0.15) is 0 Å². The summed E-state index contributed by atoms with van der Waals surface area (Å²) in [7, 11) is 0. The van der Waals surface area contributed by atoms with Crippen LogP contribution in [0.1, 0.15) is 24.5 Å². The molecule has 0 saturated heterocycles. The van der Waals surface area contributed by atoms with Gasteiger partial charge in [-0.05, 0) is 25.0 Å². The fourth-order valence-electron chi connectivity index (χ4n) is 1.64. The van der Waals surface area contributed by atoms with Gasteiger partial charge in [-0.1, -0.05) is 36.4 Å². The monoisotopic (exact) mass is 208 g/mol. The van der Waals surface area contributed by atoms with Crippen LogP contribution < -0.4 is 0 Å². The van der Waals surface area contributed by atoms with Gasteiger partial charge < -0.3 is 5.11 Å². The summed E-state index contributed by atoms with van der Waals surface area (Å²) in [4.78, 5) is 0. The molecule has 0 aliphatic heterocycles. The fourth-order valence-corrected chi connectivity index (χ4v) is 1.64. The highest BCUT2D eigenvalue weighted by Gasteiger charge is 2.29. The van der Waals surface area contributed by atoms with Crippen molar-refractivity contribution in [2.75, 3.05) is 6.67 Å². The number of aryl methyl sites for hydroxylation is 1. The van der Waals surface area contributed by atoms with Crippen LogP contribution in [-0.4, -0.2) is 11.8 Å². The van der Waals surface area contributed by atoms with Crippen LogP contribution in [0.25, 0.3) is 0 Å². The molecule has 0 bridgehead atoms. The van der Waals surface area contributed by atoms with Gasteiger partial charge in [0, 0.05) is 6.42 Å². The Bertz CT molecular complexity index is 346. The molecule has 0 fully saturated rings. The number of hydrogen-bond acceptors (Lipinski definition) is 1. The summed E-state index contributed by atoms with van der Waals surface area (Å²) < 4.78 is 12.9. The number of benzene rings is 1. The summed E-state index contributed by atoms with van der Waals surface area (Å²) in [5.41, 5.74) is 0.213. The van der Waals surface area contributed by atoms with Gasteiger partial charge >= 0.3 is 0 Å². The van der Waals surface area contributed by atoms with Crippen molar-refractivity contribution in [1.29, 1.82) is 0 Å². The third-order valence-electron chi connectivity index (χ3n) is 2.56. The summed E-state index contributed by atoms with van der Waals surface area (Å²) in [5.74, 6) is 0. The van der Waals surface area contributed by atoms with Gasteiger partial charge in [-0.15, -0.1) is 0 Å². The molecule has 0 saturated carbocycles. The Labute approximate surface area is 90.3 Å². The van der Waals surface area contributed by atoms with Crippen molar-refractivity contribution in [2.24, 2.45) is 0 Å². The van der Waals surface area contributed by atoms with E-state index in [4.69, 9.17) is 0 Å². The summed E-state index contributed by atoms with van der Waals surface area (Å²) in [6.45, 7) is 2.98. The third kappa shape index (κ3) is 2.66. The molecule has 0 amide bonds. The number of rotatable bonds is 4. The summed E-state index contributed by atoms with van der Waals surface area (Å²) in [5, 5.41) is 10.2. The first-order valence-corrected chi connectivity index (χ1v) is 5.09. The average Bonchev–Trinajstić information content (AvgIpc) is 2.26. The van der Waals surface area contributed by atoms with Crippen LogP contribution in [0.3, 0.4) is 0 Å². The van der Waals surface area contributed by atoms with E-state index < -0.39 is 12.3 Å². The van der Waals surface area contributed by atoms with Crippen LogP contribution in [0.4, 0.5) is 4.39 Å². The van der Waals surface area contributed by atoms with Gasteiger partial charge in [-0.3, -0.25) is 0 Å². The van der Waals surface area contributed by atoms with Crippen LogP contribution in [0.5, 0.6) is 0 Å². The highest BCUT2D eigenvalue weighted by Crippen LogP contribution is 2.28. The Kier molecular flexibility index (Phi) is 4.04. The maximum atomic E-state index is 12.9. The van der Waals surface area contributed by atoms with Gasteiger partial charge in [0.2, 0.25) is 0 Å². The van der Waals surface area contributed by atoms with Crippen molar-refractivity contribution < 1.29 is 9.50 Å². The largest absolute Gasteiger partial charge is 0.382 e. The molecule has 1 N–H and O–H groups in total. The molecule has 82 valence electrons. The molecule has 1 atom stereocenters. The minimum Gasteiger partial charge on any atom is -0.382 e. The van der Waals surface area contributed by atoms with Crippen molar-refractivity contribution in [3.05, 3.63) is 47.5 Å². The molecule has 0 aliphatic rings. The van der Waals surface area contributed by atoms with Crippen molar-refractivity contribution in [1.82, 2.24) is 0 Å². The van der Waals surface area contributed by atoms with Crippen molar-refractivity contribution >= 4 is 0 Å². The highest BCUT2D eigenvalue weighted by atomic mass is 19.1. The Morgan fingerprint density at radius 2 is 2.07 bits per heavy atom. The lowest BCUT2D eigenvalue weighted by Crippen LogP contribution is -2.28. The van der Waals surface area contributed by atoms with Crippen LogP contribution in [-0.2, 0) is 5.60 Å². The topological polar surface area (TPSA) is 20.2 Å². The van der Waals surface area contributed by atoms with Crippen LogP contribution >= 0.6 is 0 Å². The first kappa shape index (κ1) is 11.9. The van der Waals surface area contributed by atoms with Crippen LogP contribution in [0.15, 0.2) is 36.4 Å². The molecule has 2 heteroatoms. The number of aliphatic hydroxyl groups is 1. The lowest BCUT2D eigenvalue weighted by atomic mass is 9.88. The first-order valence-electron chi connectivity index (χ1n) is 5.09. The standard InChI is InChI=1S/C13H17FO/c1-3-4-9-13(15,10-14)12-8-6-5-7-11(12)2/h3-8,15H,9-10H2,1-2H3/b4-3-/t13-/m0/s1. The van der Waals surface area contributed by atoms with E-state index in [9.17, 15) is 9.50 Å². The maximum Gasteiger partial charge on any atom is 0.123 e. The highest BCUT2D eigenvalue weighted by molar-refractivity contribution is 5.32. The van der Waals surface area contributed by atoms with Crippen LogP contribution in [0, 0.1) is 6.92 Å². The molecule has 0 aliphatic carbocycles. The lowest BCUT2D eigenvalue weighted by Gasteiger charge is -2.25. The summed E-state index contributed by atoms with van der Waals surface area (Å²) in [6, 6.07) is 7.36. The van der Waals surface area contributed by atoms with E-state index in [1.54, 1.807) is 12.1 Å². The Hall–Kier alpha value is -1.15. The van der Waals surface area contributed by atoms with Gasteiger partial charge in [0.1, 0.15) is 12.3 Å². The van der Waals surface area contributed by atoms with Gasteiger partial charge in [0.15, 0.2) is 0 Å². The zero-order chi connectivity index (χ0) is 11.3. The van der Waals surface area contributed by atoms with E-state index in [0.29, 0.717) is 12.0 Å². The van der Waals surface area contributed by atoms with E-state index in [1.165, 1.54) is 0 Å². The Balaban J connectivity index is 3.05. The van der Waals surface area contributed by atoms with E-state index in [0.717, 1.165) is 5.56 Å². The minimum absolute atomic E-state index is 0.310. The fraction of sp³-hybridized carbons (Fsp3) is 0.385. The number of halogens is 1. The molecule has 0 spiro atoms. The predicted octanol–water partition coefficient (Wildman–Crippen LogP) is 3.12. The Morgan fingerprint density at radius 1 is 1.40 bits per heavy atom. The zero-order valence-corrected chi connectivity index (χ0v) is 9.20. The molecule has 0 aromatic heterocycles. The molecule has 1 aromatic rings. The van der Waals surface area contributed by atoms with Gasteiger partial charge in [0.05, 0.1) is 0 Å². The van der Waals surface area contributed by atoms with E-state index in [1.807, 2.05) is 38.1 Å². The van der Waals surface area contributed by atoms with E-state index in [-0.39, 0.29) is 0 Å². The average molecular weight is 208 g/mol. The Morgan fingerprint density at radius 3 is 2.60 bits per heavy atom. The molecule has 1 aromatic carbocycles. The lowest BCUT2D eigenvalue weighted by molar-refractivity contribution is 0.0133. The van der Waals surface area contributed by atoms with Gasteiger partial charge in [0.25, 0.3) is 0 Å². The molecule has 0 unspecified atom stereocenters. The molecular formula is C13H17FO. The molecule has 15 heavy (non-hydrogen) atoms. The smallest absolute Gasteiger partial charge is 0.123 e. The first-order chi connectivity index (χ1) is 7.14. The minimum atomic E-state index is -1.38. The normalized spacial score (nSPS) is 15.5. The molecule has 1 rings (SSSR count). The van der Waals surface area contributed by atoms with E-state index in [2.05, 4.69) is 0 Å². The number of allylic oxidation sites excluding steroid dienone is 1. The molecule has 0 heterocycles. The second-order valence-electron chi connectivity index (χ2n) is 3.75. The maximum absolute atomic E-state index is 12.9. The van der Waals surface area contributed by atoms with Crippen molar-refractivity contribution in [2.45, 2.75) is 25.9 Å². The molecule has 1 nitrogen and oxygen atoms in total. The second kappa shape index (κ2) is 5.08. The SMILES string of the molecule is C/C=C\C[C@](O)(CF)c1ccccc1C. The summed E-state index contributed by atoms with van der Waals surface area (Å²) in [6.07, 6.45) is 3.91. The van der Waals surface area contributed by atoms with Crippen molar-refractivity contribution in [3.8, 4) is 0 Å². The number of alkyl halides is 1. The summed E-state index contributed by atoms with van der Waals surface area (Å²) >= 11 is 0.